The van der Waals surface area contributed by atoms with Crippen molar-refractivity contribution in [1.29, 1.82) is 0 Å². The van der Waals surface area contributed by atoms with Crippen LogP contribution in [0.2, 0.25) is 0 Å². The summed E-state index contributed by atoms with van der Waals surface area (Å²) in [4.78, 5) is 41.6. The molecular formula is C31H45N3O5. The van der Waals surface area contributed by atoms with Crippen molar-refractivity contribution in [1.82, 2.24) is 10.2 Å². The molecule has 2 rings (SSSR count). The molecule has 214 valence electrons. The number of rotatable bonds is 11. The van der Waals surface area contributed by atoms with Gasteiger partial charge in [-0.15, -0.1) is 0 Å². The van der Waals surface area contributed by atoms with Crippen molar-refractivity contribution in [3.8, 4) is 5.75 Å². The van der Waals surface area contributed by atoms with Crippen LogP contribution < -0.4 is 15.4 Å². The molecule has 3 amide bonds. The molecule has 39 heavy (non-hydrogen) atoms. The topological polar surface area (TPSA) is 97.0 Å². The number of alkyl carbamates (subject to hydrolysis) is 1. The maximum atomic E-state index is 13.9. The number of nitrogens with zero attached hydrogens (tertiary/aromatic N) is 1. The monoisotopic (exact) mass is 539 g/mol. The Bertz CT molecular complexity index is 1120. The van der Waals surface area contributed by atoms with E-state index in [-0.39, 0.29) is 24.4 Å². The van der Waals surface area contributed by atoms with Crippen LogP contribution >= 0.6 is 0 Å². The van der Waals surface area contributed by atoms with Crippen molar-refractivity contribution < 1.29 is 23.9 Å². The number of anilines is 1. The zero-order chi connectivity index (χ0) is 29.3. The molecule has 0 aliphatic heterocycles. The number of amides is 3. The molecule has 0 aromatic heterocycles. The van der Waals surface area contributed by atoms with Crippen LogP contribution in [0.4, 0.5) is 10.5 Å². The second-order valence-corrected chi connectivity index (χ2v) is 11.4. The lowest BCUT2D eigenvalue weighted by Crippen LogP contribution is -2.50. The SMILES string of the molecule is COc1ccc(NC(=O)C(c2ccc(C)c(C)c2)N(C(=O)CNC(=O)OC(C)(C)C)C(C)CCC(C)C)cc1. The summed E-state index contributed by atoms with van der Waals surface area (Å²) in [6.45, 7) is 15.2. The van der Waals surface area contributed by atoms with Crippen LogP contribution in [0, 0.1) is 19.8 Å². The molecule has 0 saturated carbocycles. The summed E-state index contributed by atoms with van der Waals surface area (Å²) in [6.07, 6.45) is 0.896. The number of hydrogen-bond donors (Lipinski definition) is 2. The summed E-state index contributed by atoms with van der Waals surface area (Å²) in [6, 6.07) is 11.6. The van der Waals surface area contributed by atoms with Gasteiger partial charge in [-0.1, -0.05) is 32.0 Å². The molecule has 2 aromatic carbocycles. The number of nitrogens with one attached hydrogen (secondary N) is 2. The molecule has 2 unspecified atom stereocenters. The van der Waals surface area contributed by atoms with E-state index in [9.17, 15) is 14.4 Å². The summed E-state index contributed by atoms with van der Waals surface area (Å²) in [5, 5.41) is 5.55. The third-order valence-corrected chi connectivity index (χ3v) is 6.44. The minimum Gasteiger partial charge on any atom is -0.497 e. The van der Waals surface area contributed by atoms with Crippen molar-refractivity contribution in [3.05, 3.63) is 59.2 Å². The van der Waals surface area contributed by atoms with Crippen molar-refractivity contribution in [3.63, 3.8) is 0 Å². The van der Waals surface area contributed by atoms with Gasteiger partial charge in [-0.05, 0) is 101 Å². The fraction of sp³-hybridized carbons (Fsp3) is 0.516. The van der Waals surface area contributed by atoms with E-state index < -0.39 is 17.7 Å². The zero-order valence-electron chi connectivity index (χ0n) is 24.9. The van der Waals surface area contributed by atoms with E-state index in [1.165, 1.54) is 0 Å². The standard InChI is InChI=1S/C31H45N3O5/c1-20(2)10-12-23(5)34(27(35)19-32-30(37)39-31(6,7)8)28(24-13-11-21(3)22(4)18-24)29(36)33-25-14-16-26(38-9)17-15-25/h11,13-18,20,23,28H,10,12,19H2,1-9H3,(H,32,37)(H,33,36). The van der Waals surface area contributed by atoms with Gasteiger partial charge < -0.3 is 25.0 Å². The average Bonchev–Trinajstić information content (AvgIpc) is 2.85. The summed E-state index contributed by atoms with van der Waals surface area (Å²) in [5.41, 5.74) is 2.70. The van der Waals surface area contributed by atoms with Crippen LogP contribution in [0.5, 0.6) is 5.75 Å². The van der Waals surface area contributed by atoms with Crippen molar-refractivity contribution in [2.75, 3.05) is 19.0 Å². The molecule has 0 spiro atoms. The zero-order valence-corrected chi connectivity index (χ0v) is 24.9. The van der Waals surface area contributed by atoms with Crippen LogP contribution in [0.15, 0.2) is 42.5 Å². The molecular weight excluding hydrogens is 494 g/mol. The van der Waals surface area contributed by atoms with Gasteiger partial charge in [-0.2, -0.15) is 0 Å². The highest BCUT2D eigenvalue weighted by Crippen LogP contribution is 2.29. The van der Waals surface area contributed by atoms with E-state index in [0.29, 0.717) is 29.3 Å². The fourth-order valence-corrected chi connectivity index (χ4v) is 4.17. The Hall–Kier alpha value is -3.55. The molecule has 8 heteroatoms. The minimum absolute atomic E-state index is 0.270. The van der Waals surface area contributed by atoms with E-state index in [1.807, 2.05) is 39.0 Å². The third kappa shape index (κ3) is 9.93. The van der Waals surface area contributed by atoms with Crippen molar-refractivity contribution >= 4 is 23.6 Å². The van der Waals surface area contributed by atoms with Gasteiger partial charge in [-0.25, -0.2) is 4.79 Å². The Kier molecular flexibility index (Phi) is 11.4. The first kappa shape index (κ1) is 31.7. The van der Waals surface area contributed by atoms with Gasteiger partial charge in [0.1, 0.15) is 23.9 Å². The van der Waals surface area contributed by atoms with Crippen LogP contribution in [0.25, 0.3) is 0 Å². The first-order valence-corrected chi connectivity index (χ1v) is 13.5. The molecule has 0 aliphatic carbocycles. The summed E-state index contributed by atoms with van der Waals surface area (Å²) in [5.74, 6) is 0.388. The molecule has 2 atom stereocenters. The average molecular weight is 540 g/mol. The van der Waals surface area contributed by atoms with Crippen molar-refractivity contribution in [2.24, 2.45) is 5.92 Å². The lowest BCUT2D eigenvalue weighted by atomic mass is 9.96. The van der Waals surface area contributed by atoms with Crippen LogP contribution in [0.3, 0.4) is 0 Å². The smallest absolute Gasteiger partial charge is 0.408 e. The normalized spacial score (nSPS) is 12.9. The number of methoxy groups -OCH3 is 1. The fourth-order valence-electron chi connectivity index (χ4n) is 4.17. The molecule has 0 heterocycles. The van der Waals surface area contributed by atoms with Gasteiger partial charge in [0.2, 0.25) is 5.91 Å². The van der Waals surface area contributed by atoms with Gasteiger partial charge in [0.25, 0.3) is 5.91 Å². The van der Waals surface area contributed by atoms with Gasteiger partial charge in [0.05, 0.1) is 7.11 Å². The first-order chi connectivity index (χ1) is 18.2. The van der Waals surface area contributed by atoms with Gasteiger partial charge in [0, 0.05) is 11.7 Å². The van der Waals surface area contributed by atoms with E-state index in [2.05, 4.69) is 24.5 Å². The van der Waals surface area contributed by atoms with E-state index in [4.69, 9.17) is 9.47 Å². The quantitative estimate of drug-likeness (QED) is 0.356. The Morgan fingerprint density at radius 2 is 1.56 bits per heavy atom. The summed E-state index contributed by atoms with van der Waals surface area (Å²) < 4.78 is 10.5. The second kappa shape index (κ2) is 14.0. The number of hydrogen-bond acceptors (Lipinski definition) is 5. The number of carbonyl (C=O) groups excluding carboxylic acids is 3. The third-order valence-electron chi connectivity index (χ3n) is 6.44. The van der Waals surface area contributed by atoms with Crippen LogP contribution in [0.1, 0.15) is 77.1 Å². The number of carbonyl (C=O) groups is 3. The highest BCUT2D eigenvalue weighted by molar-refractivity contribution is 5.98. The Morgan fingerprint density at radius 3 is 2.10 bits per heavy atom. The number of aryl methyl sites for hydroxylation is 2. The highest BCUT2D eigenvalue weighted by atomic mass is 16.6. The number of benzene rings is 2. The summed E-state index contributed by atoms with van der Waals surface area (Å²) in [7, 11) is 1.58. The molecule has 8 nitrogen and oxygen atoms in total. The van der Waals surface area contributed by atoms with Gasteiger partial charge in [0.15, 0.2) is 0 Å². The Morgan fingerprint density at radius 1 is 0.923 bits per heavy atom. The highest BCUT2D eigenvalue weighted by Gasteiger charge is 2.35. The van der Waals surface area contributed by atoms with Crippen LogP contribution in [-0.2, 0) is 14.3 Å². The maximum Gasteiger partial charge on any atom is 0.408 e. The molecule has 2 N–H and O–H groups in total. The molecule has 0 saturated heterocycles. The minimum atomic E-state index is -0.915. The molecule has 0 bridgehead atoms. The Labute approximate surface area is 233 Å². The van der Waals surface area contributed by atoms with E-state index in [1.54, 1.807) is 57.0 Å². The molecule has 0 radical (unpaired) electrons. The lowest BCUT2D eigenvalue weighted by Gasteiger charge is -2.37. The van der Waals surface area contributed by atoms with Gasteiger partial charge in [-0.3, -0.25) is 9.59 Å². The second-order valence-electron chi connectivity index (χ2n) is 11.4. The molecule has 0 fully saturated rings. The Balaban J connectivity index is 2.48. The van der Waals surface area contributed by atoms with Crippen molar-refractivity contribution in [2.45, 2.75) is 85.9 Å². The number of ether oxygens (including phenoxy) is 2. The summed E-state index contributed by atoms with van der Waals surface area (Å²) >= 11 is 0. The predicted octanol–water partition coefficient (Wildman–Crippen LogP) is 6.17. The largest absolute Gasteiger partial charge is 0.497 e. The van der Waals surface area contributed by atoms with Gasteiger partial charge >= 0.3 is 6.09 Å². The lowest BCUT2D eigenvalue weighted by molar-refractivity contribution is -0.140. The maximum absolute atomic E-state index is 13.9. The molecule has 0 aliphatic rings. The molecule has 2 aromatic rings. The van der Waals surface area contributed by atoms with Crippen LogP contribution in [-0.4, -0.2) is 48.1 Å². The first-order valence-electron chi connectivity index (χ1n) is 13.5. The van der Waals surface area contributed by atoms with E-state index in [0.717, 1.165) is 17.5 Å². The predicted molar refractivity (Wildman–Crippen MR) is 155 cm³/mol. The van der Waals surface area contributed by atoms with E-state index >= 15 is 0 Å².